The van der Waals surface area contributed by atoms with E-state index < -0.39 is 30.9 Å². The summed E-state index contributed by atoms with van der Waals surface area (Å²) in [4.78, 5) is 30.4. The van der Waals surface area contributed by atoms with Gasteiger partial charge in [0.05, 0.1) is 33.2 Å². The van der Waals surface area contributed by atoms with Crippen LogP contribution in [-0.2, 0) is 9.53 Å². The Morgan fingerprint density at radius 1 is 1.29 bits per heavy atom. The maximum Gasteiger partial charge on any atom is 0.307 e. The van der Waals surface area contributed by atoms with Crippen molar-refractivity contribution in [1.82, 2.24) is 10.3 Å². The molecule has 9 heteroatoms. The van der Waals surface area contributed by atoms with E-state index in [-0.39, 0.29) is 24.0 Å². The number of nitrogens with zero attached hydrogens (tertiary/aromatic N) is 2. The van der Waals surface area contributed by atoms with E-state index >= 15 is 0 Å². The Bertz CT molecular complexity index is 778. The summed E-state index contributed by atoms with van der Waals surface area (Å²) in [7, 11) is 1.32. The number of alkyl halides is 2. The van der Waals surface area contributed by atoms with Gasteiger partial charge in [0.1, 0.15) is 11.4 Å². The summed E-state index contributed by atoms with van der Waals surface area (Å²) in [5.41, 5.74) is 0.601. The molecule has 1 aliphatic carbocycles. The first-order chi connectivity index (χ1) is 14.8. The second kappa shape index (κ2) is 10.2. The Morgan fingerprint density at radius 2 is 2.03 bits per heavy atom. The third-order valence-electron chi connectivity index (χ3n) is 5.54. The normalized spacial score (nSPS) is 18.1. The van der Waals surface area contributed by atoms with Gasteiger partial charge in [-0.2, -0.15) is 0 Å². The van der Waals surface area contributed by atoms with Gasteiger partial charge in [-0.1, -0.05) is 26.2 Å². The Balaban J connectivity index is 1.70. The van der Waals surface area contributed by atoms with Crippen LogP contribution in [0.3, 0.4) is 0 Å². The number of carbonyl (C=O) groups is 2. The fourth-order valence-electron chi connectivity index (χ4n) is 3.48. The number of hydrogen-bond donors (Lipinski definition) is 1. The number of aromatic nitrogens is 1. The standard InChI is InChI=1S/C22H31F2N3O4/c1-3-4-5-6-16(11-19(28)30-2)25-20(29)17-9-10-18(27-13-22(23,24)14-27)21(26-17)31-12-15-7-8-15/h9-10,15-16H,3-8,11-14H2,1-2H3,(H,25,29). The molecule has 1 aromatic heterocycles. The molecule has 0 spiro atoms. The molecule has 0 aromatic carbocycles. The molecule has 2 aliphatic rings. The maximum absolute atomic E-state index is 13.3. The number of pyridine rings is 1. The van der Waals surface area contributed by atoms with Crippen LogP contribution >= 0.6 is 0 Å². The summed E-state index contributed by atoms with van der Waals surface area (Å²) >= 11 is 0. The average molecular weight is 440 g/mol. The molecule has 0 bridgehead atoms. The van der Waals surface area contributed by atoms with Crippen LogP contribution in [0.4, 0.5) is 14.5 Å². The van der Waals surface area contributed by atoms with Gasteiger partial charge in [-0.15, -0.1) is 0 Å². The number of anilines is 1. The number of rotatable bonds is 12. The number of methoxy groups -OCH3 is 1. The Kier molecular flexibility index (Phi) is 7.67. The topological polar surface area (TPSA) is 80.8 Å². The van der Waals surface area contributed by atoms with Crippen molar-refractivity contribution < 1.29 is 27.8 Å². The summed E-state index contributed by atoms with van der Waals surface area (Å²) in [5, 5.41) is 2.86. The molecule has 3 rings (SSSR count). The second-order valence-electron chi connectivity index (χ2n) is 8.43. The van der Waals surface area contributed by atoms with Gasteiger partial charge in [-0.05, 0) is 37.3 Å². The van der Waals surface area contributed by atoms with Gasteiger partial charge in [0.15, 0.2) is 0 Å². The molecule has 1 amide bonds. The van der Waals surface area contributed by atoms with Crippen molar-refractivity contribution in [2.24, 2.45) is 5.92 Å². The molecule has 1 saturated carbocycles. The highest BCUT2D eigenvalue weighted by molar-refractivity contribution is 5.93. The van der Waals surface area contributed by atoms with Crippen LogP contribution in [0.5, 0.6) is 5.88 Å². The van der Waals surface area contributed by atoms with E-state index in [0.717, 1.165) is 32.1 Å². The number of hydrogen-bond acceptors (Lipinski definition) is 6. The van der Waals surface area contributed by atoms with Gasteiger partial charge in [-0.3, -0.25) is 9.59 Å². The van der Waals surface area contributed by atoms with E-state index in [1.54, 1.807) is 6.07 Å². The Morgan fingerprint density at radius 3 is 2.65 bits per heavy atom. The average Bonchev–Trinajstić information content (AvgIpc) is 3.54. The zero-order valence-electron chi connectivity index (χ0n) is 18.2. The quantitative estimate of drug-likeness (QED) is 0.396. The molecular formula is C22H31F2N3O4. The molecule has 172 valence electrons. The molecule has 1 N–H and O–H groups in total. The number of nitrogens with one attached hydrogen (secondary N) is 1. The minimum atomic E-state index is -2.72. The highest BCUT2D eigenvalue weighted by Gasteiger charge is 2.45. The molecule has 31 heavy (non-hydrogen) atoms. The van der Waals surface area contributed by atoms with Gasteiger partial charge < -0.3 is 19.7 Å². The lowest BCUT2D eigenvalue weighted by Crippen LogP contribution is -2.56. The van der Waals surface area contributed by atoms with E-state index in [0.29, 0.717) is 24.6 Å². The number of amides is 1. The van der Waals surface area contributed by atoms with Crippen LogP contribution in [0.2, 0.25) is 0 Å². The number of halogens is 2. The summed E-state index contributed by atoms with van der Waals surface area (Å²) in [6.07, 6.45) is 5.79. The molecule has 1 atom stereocenters. The SMILES string of the molecule is CCCCCC(CC(=O)OC)NC(=O)c1ccc(N2CC(F)(F)C2)c(OCC2CC2)n1. The lowest BCUT2D eigenvalue weighted by atomic mass is 10.1. The first-order valence-corrected chi connectivity index (χ1v) is 11.0. The van der Waals surface area contributed by atoms with Crippen molar-refractivity contribution in [2.75, 3.05) is 31.7 Å². The zero-order chi connectivity index (χ0) is 22.4. The predicted molar refractivity (Wildman–Crippen MR) is 112 cm³/mol. The van der Waals surface area contributed by atoms with Crippen LogP contribution in [0, 0.1) is 5.92 Å². The van der Waals surface area contributed by atoms with Crippen LogP contribution < -0.4 is 15.0 Å². The maximum atomic E-state index is 13.3. The molecule has 7 nitrogen and oxygen atoms in total. The Labute approximate surface area is 181 Å². The summed E-state index contributed by atoms with van der Waals surface area (Å²) in [6.45, 7) is 1.76. The Hall–Kier alpha value is -2.45. The molecule has 1 aliphatic heterocycles. The molecule has 2 heterocycles. The second-order valence-corrected chi connectivity index (χ2v) is 8.43. The molecule has 2 fully saturated rings. The molecule has 1 unspecified atom stereocenters. The monoisotopic (exact) mass is 439 g/mol. The van der Waals surface area contributed by atoms with Crippen molar-refractivity contribution in [3.05, 3.63) is 17.8 Å². The predicted octanol–water partition coefficient (Wildman–Crippen LogP) is 3.57. The minimum Gasteiger partial charge on any atom is -0.476 e. The largest absolute Gasteiger partial charge is 0.476 e. The molecule has 1 aromatic rings. The summed E-state index contributed by atoms with van der Waals surface area (Å²) in [6, 6.07) is 2.75. The number of ether oxygens (including phenoxy) is 2. The van der Waals surface area contributed by atoms with Crippen molar-refractivity contribution >= 4 is 17.6 Å². The zero-order valence-corrected chi connectivity index (χ0v) is 18.2. The van der Waals surface area contributed by atoms with Crippen molar-refractivity contribution in [3.63, 3.8) is 0 Å². The number of unbranched alkanes of at least 4 members (excludes halogenated alkanes) is 2. The highest BCUT2D eigenvalue weighted by atomic mass is 19.3. The highest BCUT2D eigenvalue weighted by Crippen LogP contribution is 2.37. The van der Waals surface area contributed by atoms with Crippen LogP contribution in [0.15, 0.2) is 12.1 Å². The minimum absolute atomic E-state index is 0.0813. The number of esters is 1. The third-order valence-corrected chi connectivity index (χ3v) is 5.54. The van der Waals surface area contributed by atoms with E-state index in [1.807, 2.05) is 0 Å². The smallest absolute Gasteiger partial charge is 0.307 e. The third kappa shape index (κ3) is 6.77. The van der Waals surface area contributed by atoms with E-state index in [9.17, 15) is 18.4 Å². The fraction of sp³-hybridized carbons (Fsp3) is 0.682. The van der Waals surface area contributed by atoms with E-state index in [4.69, 9.17) is 9.47 Å². The lowest BCUT2D eigenvalue weighted by Gasteiger charge is -2.40. The van der Waals surface area contributed by atoms with Crippen LogP contribution in [-0.4, -0.2) is 55.6 Å². The van der Waals surface area contributed by atoms with Crippen LogP contribution in [0.1, 0.15) is 62.4 Å². The van der Waals surface area contributed by atoms with Crippen LogP contribution in [0.25, 0.3) is 0 Å². The summed E-state index contributed by atoms with van der Waals surface area (Å²) in [5.74, 6) is -2.89. The van der Waals surface area contributed by atoms with E-state index in [2.05, 4.69) is 17.2 Å². The molecular weight excluding hydrogens is 408 g/mol. The summed E-state index contributed by atoms with van der Waals surface area (Å²) < 4.78 is 37.2. The lowest BCUT2D eigenvalue weighted by molar-refractivity contribution is -0.141. The first-order valence-electron chi connectivity index (χ1n) is 11.0. The van der Waals surface area contributed by atoms with Gasteiger partial charge in [0, 0.05) is 6.04 Å². The van der Waals surface area contributed by atoms with Crippen molar-refractivity contribution in [1.29, 1.82) is 0 Å². The van der Waals surface area contributed by atoms with Crippen molar-refractivity contribution in [3.8, 4) is 5.88 Å². The van der Waals surface area contributed by atoms with Gasteiger partial charge >= 0.3 is 5.97 Å². The van der Waals surface area contributed by atoms with Crippen molar-refractivity contribution in [2.45, 2.75) is 63.8 Å². The van der Waals surface area contributed by atoms with E-state index in [1.165, 1.54) is 18.1 Å². The first kappa shape index (κ1) is 23.2. The fourth-order valence-corrected chi connectivity index (χ4v) is 3.48. The van der Waals surface area contributed by atoms with Gasteiger partial charge in [-0.25, -0.2) is 13.8 Å². The molecule has 1 saturated heterocycles. The van der Waals surface area contributed by atoms with Gasteiger partial charge in [0.25, 0.3) is 11.8 Å². The van der Waals surface area contributed by atoms with Gasteiger partial charge in [0.2, 0.25) is 5.88 Å². The number of carbonyl (C=O) groups excluding carboxylic acids is 2. The molecule has 0 radical (unpaired) electrons.